The molecule has 0 fully saturated rings. The van der Waals surface area contributed by atoms with Gasteiger partial charge in [-0.05, 0) is 18.9 Å². The van der Waals surface area contributed by atoms with Gasteiger partial charge in [-0.2, -0.15) is 0 Å². The molecule has 2 aromatic rings. The molecular formula is C17H21N3O2. The van der Waals surface area contributed by atoms with Gasteiger partial charge in [0, 0.05) is 24.2 Å². The summed E-state index contributed by atoms with van der Waals surface area (Å²) in [4.78, 5) is 31.0. The third-order valence-corrected chi connectivity index (χ3v) is 3.62. The van der Waals surface area contributed by atoms with Gasteiger partial charge in [0.25, 0.3) is 0 Å². The van der Waals surface area contributed by atoms with E-state index in [4.69, 9.17) is 0 Å². The number of nitrogens with zero attached hydrogens (tertiary/aromatic N) is 1. The second kappa shape index (κ2) is 7.54. The van der Waals surface area contributed by atoms with Gasteiger partial charge >= 0.3 is 0 Å². The van der Waals surface area contributed by atoms with Crippen molar-refractivity contribution >= 4 is 11.7 Å². The molecule has 0 bridgehead atoms. The highest BCUT2D eigenvalue weighted by Gasteiger charge is 2.21. The van der Waals surface area contributed by atoms with Crippen LogP contribution in [0.4, 0.5) is 0 Å². The molecule has 2 atom stereocenters. The van der Waals surface area contributed by atoms with Crippen molar-refractivity contribution in [3.05, 3.63) is 54.1 Å². The van der Waals surface area contributed by atoms with E-state index in [1.807, 2.05) is 37.3 Å². The molecule has 0 saturated heterocycles. The second-order valence-electron chi connectivity index (χ2n) is 5.54. The highest BCUT2D eigenvalue weighted by Crippen LogP contribution is 2.08. The fourth-order valence-corrected chi connectivity index (χ4v) is 2.28. The highest BCUT2D eigenvalue weighted by atomic mass is 16.2. The maximum Gasteiger partial charge on any atom is 0.223 e. The Bertz CT molecular complexity index is 608. The zero-order valence-electron chi connectivity index (χ0n) is 12.9. The number of amides is 1. The number of aromatic nitrogens is 2. The van der Waals surface area contributed by atoms with Crippen LogP contribution in [0.3, 0.4) is 0 Å². The Balaban J connectivity index is 1.95. The first kappa shape index (κ1) is 15.9. The summed E-state index contributed by atoms with van der Waals surface area (Å²) in [5, 5.41) is 2.85. The van der Waals surface area contributed by atoms with Gasteiger partial charge in [-0.3, -0.25) is 9.59 Å². The molecule has 1 aromatic heterocycles. The molecular weight excluding hydrogens is 278 g/mol. The molecule has 0 aliphatic heterocycles. The number of Topliss-reactive ketones (excluding diaryl/α,β-unsaturated/α-hetero) is 1. The van der Waals surface area contributed by atoms with Gasteiger partial charge in [0.05, 0.1) is 12.4 Å². The first-order chi connectivity index (χ1) is 10.6. The second-order valence-corrected chi connectivity index (χ2v) is 5.54. The topological polar surface area (TPSA) is 74.8 Å². The minimum Gasteiger partial charge on any atom is -0.348 e. The molecule has 0 aliphatic rings. The summed E-state index contributed by atoms with van der Waals surface area (Å²) in [6, 6.07) is 9.20. The molecule has 0 radical (unpaired) electrons. The minimum absolute atomic E-state index is 0.0362. The third-order valence-electron chi connectivity index (χ3n) is 3.62. The number of H-pyrrole nitrogens is 1. The third kappa shape index (κ3) is 4.55. The van der Waals surface area contributed by atoms with Crippen LogP contribution in [0.1, 0.15) is 25.1 Å². The Morgan fingerprint density at radius 3 is 2.55 bits per heavy atom. The molecule has 22 heavy (non-hydrogen) atoms. The van der Waals surface area contributed by atoms with Gasteiger partial charge in [0.1, 0.15) is 0 Å². The number of carbonyl (C=O) groups is 2. The van der Waals surface area contributed by atoms with E-state index in [-0.39, 0.29) is 17.6 Å². The summed E-state index contributed by atoms with van der Waals surface area (Å²) >= 11 is 0. The zero-order valence-corrected chi connectivity index (χ0v) is 12.9. The van der Waals surface area contributed by atoms with Crippen LogP contribution < -0.4 is 5.32 Å². The lowest BCUT2D eigenvalue weighted by Gasteiger charge is -2.19. The summed E-state index contributed by atoms with van der Waals surface area (Å²) in [6.07, 6.45) is 4.38. The van der Waals surface area contributed by atoms with E-state index < -0.39 is 6.04 Å². The zero-order chi connectivity index (χ0) is 15.9. The fraction of sp³-hybridized carbons (Fsp3) is 0.353. The molecule has 116 valence electrons. The lowest BCUT2D eigenvalue weighted by Crippen LogP contribution is -2.44. The number of imidazole rings is 1. The van der Waals surface area contributed by atoms with Gasteiger partial charge in [0.2, 0.25) is 5.91 Å². The van der Waals surface area contributed by atoms with Gasteiger partial charge in [-0.25, -0.2) is 4.98 Å². The first-order valence-electron chi connectivity index (χ1n) is 7.38. The lowest BCUT2D eigenvalue weighted by molar-refractivity contribution is -0.129. The van der Waals surface area contributed by atoms with E-state index in [2.05, 4.69) is 15.3 Å². The number of ketones is 1. The summed E-state index contributed by atoms with van der Waals surface area (Å²) in [7, 11) is 0. The maximum atomic E-state index is 12.3. The number of carbonyl (C=O) groups excluding carboxylic acids is 2. The molecule has 1 amide bonds. The number of benzene rings is 1. The van der Waals surface area contributed by atoms with Gasteiger partial charge in [-0.1, -0.05) is 37.3 Å². The van der Waals surface area contributed by atoms with E-state index in [0.29, 0.717) is 12.8 Å². The Kier molecular flexibility index (Phi) is 5.47. The normalized spacial score (nSPS) is 13.4. The van der Waals surface area contributed by atoms with Crippen LogP contribution in [0, 0.1) is 5.92 Å². The number of nitrogens with one attached hydrogen (secondary N) is 2. The van der Waals surface area contributed by atoms with E-state index >= 15 is 0 Å². The summed E-state index contributed by atoms with van der Waals surface area (Å²) in [5.74, 6) is -0.380. The van der Waals surface area contributed by atoms with E-state index in [1.165, 1.54) is 6.92 Å². The van der Waals surface area contributed by atoms with Crippen LogP contribution in [0.2, 0.25) is 0 Å². The van der Waals surface area contributed by atoms with Crippen LogP contribution in [-0.2, 0) is 22.4 Å². The predicted molar refractivity (Wildman–Crippen MR) is 84.2 cm³/mol. The standard InChI is InChI=1S/C17H21N3O2/c1-12(8-15-10-18-11-19-15)17(22)20-16(13(2)21)9-14-6-4-3-5-7-14/h3-7,10-12,16H,8-9H2,1-2H3,(H,18,19)(H,20,22). The van der Waals surface area contributed by atoms with Crippen LogP contribution in [-0.4, -0.2) is 27.7 Å². The molecule has 1 aromatic carbocycles. The van der Waals surface area contributed by atoms with Crippen molar-refractivity contribution in [3.63, 3.8) is 0 Å². The Morgan fingerprint density at radius 2 is 1.95 bits per heavy atom. The molecule has 0 spiro atoms. The van der Waals surface area contributed by atoms with Crippen molar-refractivity contribution in [2.45, 2.75) is 32.7 Å². The molecule has 1 heterocycles. The first-order valence-corrected chi connectivity index (χ1v) is 7.38. The Morgan fingerprint density at radius 1 is 1.23 bits per heavy atom. The van der Waals surface area contributed by atoms with E-state index in [1.54, 1.807) is 12.5 Å². The highest BCUT2D eigenvalue weighted by molar-refractivity contribution is 5.88. The number of rotatable bonds is 7. The van der Waals surface area contributed by atoms with E-state index in [0.717, 1.165) is 11.3 Å². The van der Waals surface area contributed by atoms with Crippen molar-refractivity contribution in [2.24, 2.45) is 5.92 Å². The molecule has 5 heteroatoms. The number of hydrogen-bond acceptors (Lipinski definition) is 3. The molecule has 0 aliphatic carbocycles. The van der Waals surface area contributed by atoms with Gasteiger partial charge < -0.3 is 10.3 Å². The molecule has 5 nitrogen and oxygen atoms in total. The largest absolute Gasteiger partial charge is 0.348 e. The Labute approximate surface area is 130 Å². The van der Waals surface area contributed by atoms with E-state index in [9.17, 15) is 9.59 Å². The van der Waals surface area contributed by atoms with Crippen molar-refractivity contribution in [3.8, 4) is 0 Å². The quantitative estimate of drug-likeness (QED) is 0.820. The SMILES string of the molecule is CC(=O)C(Cc1ccccc1)NC(=O)C(C)Cc1cnc[nH]1. The smallest absolute Gasteiger partial charge is 0.223 e. The minimum atomic E-state index is -0.487. The Hall–Kier alpha value is -2.43. The van der Waals surface area contributed by atoms with Crippen molar-refractivity contribution in [1.82, 2.24) is 15.3 Å². The number of hydrogen-bond donors (Lipinski definition) is 2. The van der Waals surface area contributed by atoms with Crippen LogP contribution in [0.25, 0.3) is 0 Å². The van der Waals surface area contributed by atoms with Crippen molar-refractivity contribution in [1.29, 1.82) is 0 Å². The van der Waals surface area contributed by atoms with Crippen molar-refractivity contribution < 1.29 is 9.59 Å². The lowest BCUT2D eigenvalue weighted by atomic mass is 10.0. The van der Waals surface area contributed by atoms with Gasteiger partial charge in [-0.15, -0.1) is 0 Å². The molecule has 2 unspecified atom stereocenters. The predicted octanol–water partition coefficient (Wildman–Crippen LogP) is 1.90. The monoisotopic (exact) mass is 299 g/mol. The van der Waals surface area contributed by atoms with Crippen LogP contribution in [0.5, 0.6) is 0 Å². The summed E-state index contributed by atoms with van der Waals surface area (Å²) in [6.45, 7) is 3.35. The molecule has 0 saturated carbocycles. The molecule has 2 rings (SSSR count). The maximum absolute atomic E-state index is 12.3. The fourth-order valence-electron chi connectivity index (χ4n) is 2.28. The van der Waals surface area contributed by atoms with Crippen molar-refractivity contribution in [2.75, 3.05) is 0 Å². The summed E-state index contributed by atoms with van der Waals surface area (Å²) < 4.78 is 0. The van der Waals surface area contributed by atoms with Crippen LogP contribution >= 0.6 is 0 Å². The average molecular weight is 299 g/mol. The van der Waals surface area contributed by atoms with Crippen LogP contribution in [0.15, 0.2) is 42.9 Å². The summed E-state index contributed by atoms with van der Waals surface area (Å²) in [5.41, 5.74) is 1.94. The van der Waals surface area contributed by atoms with Gasteiger partial charge in [0.15, 0.2) is 5.78 Å². The average Bonchev–Trinajstić information content (AvgIpc) is 3.00. The molecule has 2 N–H and O–H groups in total. The number of aromatic amines is 1.